The van der Waals surface area contributed by atoms with Gasteiger partial charge in [0.2, 0.25) is 5.91 Å². The summed E-state index contributed by atoms with van der Waals surface area (Å²) in [5.74, 6) is 0.00819. The fourth-order valence-corrected chi connectivity index (χ4v) is 1.98. The zero-order valence-corrected chi connectivity index (χ0v) is 15.5. The summed E-state index contributed by atoms with van der Waals surface area (Å²) in [6.07, 6.45) is 0. The quantitative estimate of drug-likeness (QED) is 0.793. The summed E-state index contributed by atoms with van der Waals surface area (Å²) in [7, 11) is 0. The Kier molecular flexibility index (Phi) is 12.5. The Morgan fingerprint density at radius 3 is 2.32 bits per heavy atom. The van der Waals surface area contributed by atoms with Crippen LogP contribution in [-0.4, -0.2) is 29.9 Å². The highest BCUT2D eigenvalue weighted by Crippen LogP contribution is 2.13. The summed E-state index contributed by atoms with van der Waals surface area (Å²) in [6.45, 7) is 11.1. The van der Waals surface area contributed by atoms with Gasteiger partial charge in [-0.3, -0.25) is 9.69 Å². The number of carbonyl (C=O) groups excluding carboxylic acids is 1. The first kappa shape index (κ1) is 23.5. The van der Waals surface area contributed by atoms with E-state index in [2.05, 4.69) is 30.1 Å². The molecule has 0 saturated heterocycles. The number of nitrogens with zero attached hydrogens (tertiary/aromatic N) is 1. The summed E-state index contributed by atoms with van der Waals surface area (Å²) in [5.41, 5.74) is 7.86. The predicted octanol–water partition coefficient (Wildman–Crippen LogP) is 3.29. The van der Waals surface area contributed by atoms with Crippen LogP contribution in [-0.2, 0) is 11.3 Å². The molecule has 0 aliphatic heterocycles. The molecule has 22 heavy (non-hydrogen) atoms. The lowest BCUT2D eigenvalue weighted by atomic mass is 10.0. The largest absolute Gasteiger partial charge is 0.325 e. The minimum absolute atomic E-state index is 0. The third-order valence-electron chi connectivity index (χ3n) is 3.52. The van der Waals surface area contributed by atoms with Crippen molar-refractivity contribution in [1.82, 2.24) is 4.90 Å². The van der Waals surface area contributed by atoms with E-state index in [9.17, 15) is 4.79 Å². The molecule has 6 heteroatoms. The topological polar surface area (TPSA) is 58.4 Å². The molecule has 1 aromatic rings. The molecule has 0 spiro atoms. The molecule has 1 aromatic carbocycles. The van der Waals surface area contributed by atoms with Crippen LogP contribution >= 0.6 is 24.8 Å². The third-order valence-corrected chi connectivity index (χ3v) is 3.52. The van der Waals surface area contributed by atoms with Crippen LogP contribution < -0.4 is 11.1 Å². The van der Waals surface area contributed by atoms with Crippen LogP contribution in [0.2, 0.25) is 0 Å². The van der Waals surface area contributed by atoms with Gasteiger partial charge in [0.1, 0.15) is 0 Å². The average molecular weight is 350 g/mol. The van der Waals surface area contributed by atoms with E-state index in [-0.39, 0.29) is 36.6 Å². The van der Waals surface area contributed by atoms with E-state index in [4.69, 9.17) is 5.73 Å². The fourth-order valence-electron chi connectivity index (χ4n) is 1.98. The summed E-state index contributed by atoms with van der Waals surface area (Å²) >= 11 is 0. The molecule has 0 bridgehead atoms. The summed E-state index contributed by atoms with van der Waals surface area (Å²) in [5, 5.41) is 2.89. The van der Waals surface area contributed by atoms with Gasteiger partial charge in [-0.1, -0.05) is 39.8 Å². The Labute approximate surface area is 146 Å². The minimum atomic E-state index is -0.471. The summed E-state index contributed by atoms with van der Waals surface area (Å²) < 4.78 is 0. The second-order valence-electron chi connectivity index (χ2n) is 5.42. The molecule has 0 aliphatic carbocycles. The SMILES string of the molecule is CCN(CC)Cc1cccc(NC(=O)C(N)C(C)C)c1.Cl.Cl. The van der Waals surface area contributed by atoms with Crippen molar-refractivity contribution in [3.63, 3.8) is 0 Å². The Balaban J connectivity index is 0. The number of anilines is 1. The molecule has 0 saturated carbocycles. The van der Waals surface area contributed by atoms with Crippen molar-refractivity contribution < 1.29 is 4.79 Å². The van der Waals surface area contributed by atoms with Gasteiger partial charge >= 0.3 is 0 Å². The van der Waals surface area contributed by atoms with E-state index in [1.165, 1.54) is 5.56 Å². The van der Waals surface area contributed by atoms with Gasteiger partial charge in [0, 0.05) is 12.2 Å². The molecule has 128 valence electrons. The highest BCUT2D eigenvalue weighted by molar-refractivity contribution is 5.94. The van der Waals surface area contributed by atoms with Crippen LogP contribution in [0.4, 0.5) is 5.69 Å². The maximum absolute atomic E-state index is 12.0. The minimum Gasteiger partial charge on any atom is -0.325 e. The number of benzene rings is 1. The maximum atomic E-state index is 12.0. The number of nitrogens with one attached hydrogen (secondary N) is 1. The predicted molar refractivity (Wildman–Crippen MR) is 99.0 cm³/mol. The Bertz CT molecular complexity index is 437. The van der Waals surface area contributed by atoms with E-state index < -0.39 is 6.04 Å². The van der Waals surface area contributed by atoms with Crippen LogP contribution in [0.15, 0.2) is 24.3 Å². The Hall–Kier alpha value is -0.810. The molecule has 1 atom stereocenters. The molecule has 3 N–H and O–H groups in total. The standard InChI is InChI=1S/C16H27N3O.2ClH/c1-5-19(6-2)11-13-8-7-9-14(10-13)18-16(20)15(17)12(3)4;;/h7-10,12,15H,5-6,11,17H2,1-4H3,(H,18,20);2*1H. The van der Waals surface area contributed by atoms with E-state index in [1.807, 2.05) is 32.0 Å². The van der Waals surface area contributed by atoms with E-state index in [1.54, 1.807) is 0 Å². The van der Waals surface area contributed by atoms with Crippen molar-refractivity contribution in [3.8, 4) is 0 Å². The van der Waals surface area contributed by atoms with Crippen molar-refractivity contribution in [2.45, 2.75) is 40.3 Å². The summed E-state index contributed by atoms with van der Waals surface area (Å²) in [4.78, 5) is 14.3. The number of rotatable bonds is 7. The zero-order valence-electron chi connectivity index (χ0n) is 13.8. The van der Waals surface area contributed by atoms with Crippen molar-refractivity contribution in [1.29, 1.82) is 0 Å². The van der Waals surface area contributed by atoms with Crippen LogP contribution in [0.5, 0.6) is 0 Å². The van der Waals surface area contributed by atoms with Gasteiger partial charge in [0.25, 0.3) is 0 Å². The first-order valence-corrected chi connectivity index (χ1v) is 7.35. The highest BCUT2D eigenvalue weighted by Gasteiger charge is 2.17. The Morgan fingerprint density at radius 1 is 1.23 bits per heavy atom. The van der Waals surface area contributed by atoms with E-state index in [0.29, 0.717) is 0 Å². The van der Waals surface area contributed by atoms with Crippen molar-refractivity contribution in [3.05, 3.63) is 29.8 Å². The van der Waals surface area contributed by atoms with Crippen LogP contribution in [0.1, 0.15) is 33.3 Å². The smallest absolute Gasteiger partial charge is 0.241 e. The summed E-state index contributed by atoms with van der Waals surface area (Å²) in [6, 6.07) is 7.49. The lowest BCUT2D eigenvalue weighted by Gasteiger charge is -2.19. The van der Waals surface area contributed by atoms with Gasteiger partial charge in [-0.2, -0.15) is 0 Å². The van der Waals surface area contributed by atoms with Gasteiger partial charge in [0.15, 0.2) is 0 Å². The molecule has 0 aromatic heterocycles. The van der Waals surface area contributed by atoms with Crippen molar-refractivity contribution >= 4 is 36.4 Å². The molecular formula is C16H29Cl2N3O. The molecule has 0 aliphatic rings. The first-order chi connectivity index (χ1) is 9.47. The fraction of sp³-hybridized carbons (Fsp3) is 0.562. The van der Waals surface area contributed by atoms with Gasteiger partial charge < -0.3 is 11.1 Å². The molecule has 0 heterocycles. The number of amides is 1. The monoisotopic (exact) mass is 349 g/mol. The average Bonchev–Trinajstić information content (AvgIpc) is 2.44. The molecule has 0 radical (unpaired) electrons. The normalized spacial score (nSPS) is 11.6. The zero-order chi connectivity index (χ0) is 15.1. The number of carbonyl (C=O) groups is 1. The number of hydrogen-bond acceptors (Lipinski definition) is 3. The van der Waals surface area contributed by atoms with Crippen LogP contribution in [0.25, 0.3) is 0 Å². The van der Waals surface area contributed by atoms with Crippen LogP contribution in [0.3, 0.4) is 0 Å². The lowest BCUT2D eigenvalue weighted by molar-refractivity contribution is -0.118. The number of nitrogens with two attached hydrogens (primary N) is 1. The second kappa shape index (κ2) is 11.7. The second-order valence-corrected chi connectivity index (χ2v) is 5.42. The molecule has 1 rings (SSSR count). The van der Waals surface area contributed by atoms with Crippen LogP contribution in [0, 0.1) is 5.92 Å². The van der Waals surface area contributed by atoms with E-state index >= 15 is 0 Å². The van der Waals surface area contributed by atoms with Gasteiger partial charge in [-0.15, -0.1) is 24.8 Å². The molecule has 0 fully saturated rings. The van der Waals surface area contributed by atoms with Crippen molar-refractivity contribution in [2.75, 3.05) is 18.4 Å². The molecule has 1 unspecified atom stereocenters. The molecular weight excluding hydrogens is 321 g/mol. The molecule has 4 nitrogen and oxygen atoms in total. The Morgan fingerprint density at radius 2 is 1.82 bits per heavy atom. The third kappa shape index (κ3) is 7.45. The number of halogens is 2. The number of hydrogen-bond donors (Lipinski definition) is 2. The van der Waals surface area contributed by atoms with Crippen molar-refractivity contribution in [2.24, 2.45) is 11.7 Å². The lowest BCUT2D eigenvalue weighted by Crippen LogP contribution is -2.39. The molecule has 1 amide bonds. The first-order valence-electron chi connectivity index (χ1n) is 7.35. The van der Waals surface area contributed by atoms with Gasteiger partial charge in [-0.25, -0.2) is 0 Å². The van der Waals surface area contributed by atoms with Gasteiger partial charge in [-0.05, 0) is 36.7 Å². The maximum Gasteiger partial charge on any atom is 0.241 e. The van der Waals surface area contributed by atoms with Gasteiger partial charge in [0.05, 0.1) is 6.04 Å². The van der Waals surface area contributed by atoms with E-state index in [0.717, 1.165) is 25.3 Å². The highest BCUT2D eigenvalue weighted by atomic mass is 35.5.